The number of hydrogen-bond acceptors (Lipinski definition) is 5. The molecule has 0 saturated carbocycles. The first kappa shape index (κ1) is 24.0. The van der Waals surface area contributed by atoms with Gasteiger partial charge in [-0.1, -0.05) is 25.1 Å². The van der Waals surface area contributed by atoms with Gasteiger partial charge in [-0.2, -0.15) is 0 Å². The molecule has 0 atom stereocenters. The second kappa shape index (κ2) is 10.4. The van der Waals surface area contributed by atoms with E-state index in [1.807, 2.05) is 61.5 Å². The number of methoxy groups -OCH3 is 3. The first-order valence-corrected chi connectivity index (χ1v) is 11.4. The second-order valence-electron chi connectivity index (χ2n) is 8.13. The van der Waals surface area contributed by atoms with E-state index in [2.05, 4.69) is 12.2 Å². The first-order valence-electron chi connectivity index (χ1n) is 11.4. The molecule has 0 saturated heterocycles. The Morgan fingerprint density at radius 3 is 2.29 bits per heavy atom. The number of benzene rings is 3. The maximum Gasteiger partial charge on any atom is 0.248 e. The Kier molecular flexibility index (Phi) is 7.11. The monoisotopic (exact) mass is 471 g/mol. The highest BCUT2D eigenvalue weighted by Gasteiger charge is 2.16. The Hall–Kier alpha value is -4.19. The van der Waals surface area contributed by atoms with Crippen LogP contribution in [0, 0.1) is 0 Å². The smallest absolute Gasteiger partial charge is 0.248 e. The van der Waals surface area contributed by atoms with Crippen LogP contribution in [0.5, 0.6) is 17.2 Å². The summed E-state index contributed by atoms with van der Waals surface area (Å²) in [5.74, 6) is 1.70. The molecule has 0 aliphatic rings. The molecule has 35 heavy (non-hydrogen) atoms. The largest absolute Gasteiger partial charge is 0.496 e. The first-order chi connectivity index (χ1) is 17.0. The molecule has 1 heterocycles. The van der Waals surface area contributed by atoms with Crippen molar-refractivity contribution in [3.8, 4) is 28.4 Å². The maximum absolute atomic E-state index is 12.7. The molecule has 6 nitrogen and oxygen atoms in total. The molecule has 0 unspecified atom stereocenters. The van der Waals surface area contributed by atoms with E-state index >= 15 is 0 Å². The molecule has 4 aromatic rings. The molecule has 0 aliphatic carbocycles. The number of amides is 1. The van der Waals surface area contributed by atoms with E-state index in [-0.39, 0.29) is 5.91 Å². The van der Waals surface area contributed by atoms with Crippen molar-refractivity contribution >= 4 is 28.1 Å². The van der Waals surface area contributed by atoms with Crippen LogP contribution in [-0.4, -0.2) is 27.2 Å². The molecule has 0 aliphatic heterocycles. The molecular weight excluding hydrogens is 442 g/mol. The Balaban J connectivity index is 1.69. The van der Waals surface area contributed by atoms with Gasteiger partial charge in [0.15, 0.2) is 11.5 Å². The van der Waals surface area contributed by atoms with Crippen molar-refractivity contribution < 1.29 is 23.4 Å². The van der Waals surface area contributed by atoms with Crippen LogP contribution in [0.2, 0.25) is 0 Å². The molecule has 3 aromatic carbocycles. The number of fused-ring (bicyclic) bond motifs is 1. The normalized spacial score (nSPS) is 11.4. The standard InChI is InChI=1S/C29H29NO5/c1-6-19-7-10-21(11-8-19)30-29(31)13-18(2)22-15-23-24(17-35-27(23)16-26(22)33-4)20-9-12-25(32-3)28(14-20)34-5/h7-17H,6H2,1-5H3,(H,30,31)/b18-13+. The Labute approximate surface area is 205 Å². The molecule has 6 heteroatoms. The molecular formula is C29H29NO5. The van der Waals surface area contributed by atoms with Gasteiger partial charge in [-0.25, -0.2) is 0 Å². The average molecular weight is 472 g/mol. The van der Waals surface area contributed by atoms with Crippen LogP contribution in [-0.2, 0) is 11.2 Å². The van der Waals surface area contributed by atoms with Gasteiger partial charge in [0.1, 0.15) is 11.3 Å². The zero-order chi connectivity index (χ0) is 24.9. The van der Waals surface area contributed by atoms with Gasteiger partial charge in [0, 0.05) is 34.3 Å². The fraction of sp³-hybridized carbons (Fsp3) is 0.207. The number of rotatable bonds is 8. The van der Waals surface area contributed by atoms with Crippen LogP contribution in [0.25, 0.3) is 27.7 Å². The number of ether oxygens (including phenoxy) is 3. The van der Waals surface area contributed by atoms with Crippen molar-refractivity contribution in [3.63, 3.8) is 0 Å². The van der Waals surface area contributed by atoms with E-state index in [0.717, 1.165) is 39.8 Å². The summed E-state index contributed by atoms with van der Waals surface area (Å²) >= 11 is 0. The molecule has 0 fully saturated rings. The van der Waals surface area contributed by atoms with Crippen LogP contribution < -0.4 is 19.5 Å². The summed E-state index contributed by atoms with van der Waals surface area (Å²) in [4.78, 5) is 12.7. The average Bonchev–Trinajstić information content (AvgIpc) is 3.30. The van der Waals surface area contributed by atoms with E-state index in [4.69, 9.17) is 18.6 Å². The van der Waals surface area contributed by atoms with Crippen LogP contribution in [0.4, 0.5) is 5.69 Å². The SMILES string of the molecule is CCc1ccc(NC(=O)/C=C(\C)c2cc3c(-c4ccc(OC)c(OC)c4)coc3cc2OC)cc1. The molecule has 4 rings (SSSR count). The van der Waals surface area contributed by atoms with Gasteiger partial charge in [-0.15, -0.1) is 0 Å². The third kappa shape index (κ3) is 5.01. The van der Waals surface area contributed by atoms with Crippen molar-refractivity contribution in [1.82, 2.24) is 0 Å². The molecule has 180 valence electrons. The van der Waals surface area contributed by atoms with Crippen molar-refractivity contribution in [3.05, 3.63) is 78.1 Å². The molecule has 1 aromatic heterocycles. The van der Waals surface area contributed by atoms with Crippen molar-refractivity contribution in [1.29, 1.82) is 0 Å². The Morgan fingerprint density at radius 2 is 1.63 bits per heavy atom. The molecule has 0 bridgehead atoms. The maximum atomic E-state index is 12.7. The lowest BCUT2D eigenvalue weighted by Crippen LogP contribution is -2.08. The molecule has 1 amide bonds. The van der Waals surface area contributed by atoms with E-state index < -0.39 is 0 Å². The van der Waals surface area contributed by atoms with Gasteiger partial charge in [0.2, 0.25) is 5.91 Å². The minimum absolute atomic E-state index is 0.207. The van der Waals surface area contributed by atoms with Gasteiger partial charge in [0.25, 0.3) is 0 Å². The second-order valence-corrected chi connectivity index (χ2v) is 8.13. The minimum Gasteiger partial charge on any atom is -0.496 e. The van der Waals surface area contributed by atoms with Gasteiger partial charge >= 0.3 is 0 Å². The fourth-order valence-corrected chi connectivity index (χ4v) is 4.04. The topological polar surface area (TPSA) is 69.9 Å². The minimum atomic E-state index is -0.207. The highest BCUT2D eigenvalue weighted by atomic mass is 16.5. The summed E-state index contributed by atoms with van der Waals surface area (Å²) in [7, 11) is 4.82. The predicted octanol–water partition coefficient (Wildman–Crippen LogP) is 6.73. The van der Waals surface area contributed by atoms with Crippen LogP contribution in [0.15, 0.2) is 71.4 Å². The quantitative estimate of drug-likeness (QED) is 0.289. The summed E-state index contributed by atoms with van der Waals surface area (Å²) in [5.41, 5.74) is 6.06. The highest BCUT2D eigenvalue weighted by Crippen LogP contribution is 2.39. The number of anilines is 1. The number of allylic oxidation sites excluding steroid dienone is 1. The lowest BCUT2D eigenvalue weighted by Gasteiger charge is -2.11. The van der Waals surface area contributed by atoms with Crippen LogP contribution in [0.1, 0.15) is 25.0 Å². The van der Waals surface area contributed by atoms with Crippen molar-refractivity contribution in [2.45, 2.75) is 20.3 Å². The van der Waals surface area contributed by atoms with E-state index in [1.165, 1.54) is 5.56 Å². The van der Waals surface area contributed by atoms with Crippen molar-refractivity contribution in [2.24, 2.45) is 0 Å². The van der Waals surface area contributed by atoms with Gasteiger partial charge in [-0.3, -0.25) is 4.79 Å². The van der Waals surface area contributed by atoms with Gasteiger partial charge in [0.05, 0.1) is 27.6 Å². The number of furan rings is 1. The van der Waals surface area contributed by atoms with Gasteiger partial charge < -0.3 is 23.9 Å². The number of carbonyl (C=O) groups is 1. The van der Waals surface area contributed by atoms with Crippen LogP contribution >= 0.6 is 0 Å². The van der Waals surface area contributed by atoms with Crippen LogP contribution in [0.3, 0.4) is 0 Å². The van der Waals surface area contributed by atoms with Crippen molar-refractivity contribution in [2.75, 3.05) is 26.6 Å². The zero-order valence-electron chi connectivity index (χ0n) is 20.6. The summed E-state index contributed by atoms with van der Waals surface area (Å²) < 4.78 is 22.3. The fourth-order valence-electron chi connectivity index (χ4n) is 4.04. The predicted molar refractivity (Wildman–Crippen MR) is 139 cm³/mol. The summed E-state index contributed by atoms with van der Waals surface area (Å²) in [6.07, 6.45) is 4.24. The third-order valence-corrected chi connectivity index (χ3v) is 5.99. The number of hydrogen-bond donors (Lipinski definition) is 1. The molecule has 0 radical (unpaired) electrons. The highest BCUT2D eigenvalue weighted by molar-refractivity contribution is 6.05. The lowest BCUT2D eigenvalue weighted by molar-refractivity contribution is -0.111. The summed E-state index contributed by atoms with van der Waals surface area (Å²) in [5, 5.41) is 3.82. The number of carbonyl (C=O) groups excluding carboxylic acids is 1. The third-order valence-electron chi connectivity index (χ3n) is 5.99. The Morgan fingerprint density at radius 1 is 0.914 bits per heavy atom. The summed E-state index contributed by atoms with van der Waals surface area (Å²) in [6, 6.07) is 17.4. The van der Waals surface area contributed by atoms with E-state index in [1.54, 1.807) is 33.7 Å². The number of nitrogens with one attached hydrogen (secondary N) is 1. The lowest BCUT2D eigenvalue weighted by atomic mass is 9.99. The Bertz CT molecular complexity index is 1380. The molecule has 1 N–H and O–H groups in total. The summed E-state index contributed by atoms with van der Waals surface area (Å²) in [6.45, 7) is 3.99. The number of aryl methyl sites for hydroxylation is 1. The zero-order valence-corrected chi connectivity index (χ0v) is 20.6. The molecule has 0 spiro atoms. The van der Waals surface area contributed by atoms with Gasteiger partial charge in [-0.05, 0) is 60.4 Å². The van der Waals surface area contributed by atoms with E-state index in [9.17, 15) is 4.79 Å². The van der Waals surface area contributed by atoms with E-state index in [0.29, 0.717) is 22.8 Å².